The van der Waals surface area contributed by atoms with Gasteiger partial charge in [0.1, 0.15) is 5.00 Å². The lowest BCUT2D eigenvalue weighted by Crippen LogP contribution is -2.37. The molecule has 0 aliphatic rings. The molecular weight excluding hydrogens is 280 g/mol. The minimum Gasteiger partial charge on any atom is -0.478 e. The van der Waals surface area contributed by atoms with E-state index in [1.807, 2.05) is 13.8 Å². The van der Waals surface area contributed by atoms with E-state index in [2.05, 4.69) is 10.6 Å². The SMILES string of the molecule is COCCC(C)(C)CNC(=O)Nc1sccc1C(=O)O. The molecule has 7 heteroatoms. The Morgan fingerprint density at radius 3 is 2.75 bits per heavy atom. The van der Waals surface area contributed by atoms with Crippen molar-refractivity contribution >= 4 is 28.3 Å². The van der Waals surface area contributed by atoms with Gasteiger partial charge in [0.05, 0.1) is 5.56 Å². The number of methoxy groups -OCH3 is 1. The monoisotopic (exact) mass is 300 g/mol. The number of ether oxygens (including phenoxy) is 1. The van der Waals surface area contributed by atoms with E-state index in [4.69, 9.17) is 9.84 Å². The summed E-state index contributed by atoms with van der Waals surface area (Å²) in [7, 11) is 1.64. The van der Waals surface area contributed by atoms with Gasteiger partial charge >= 0.3 is 12.0 Å². The van der Waals surface area contributed by atoms with Crippen LogP contribution >= 0.6 is 11.3 Å². The van der Waals surface area contributed by atoms with Crippen molar-refractivity contribution in [2.75, 3.05) is 25.6 Å². The summed E-state index contributed by atoms with van der Waals surface area (Å²) in [6, 6.07) is 1.06. The Balaban J connectivity index is 2.48. The Morgan fingerprint density at radius 2 is 2.15 bits per heavy atom. The maximum atomic E-state index is 11.8. The van der Waals surface area contributed by atoms with Gasteiger partial charge in [0.25, 0.3) is 0 Å². The molecule has 0 aliphatic carbocycles. The zero-order valence-electron chi connectivity index (χ0n) is 11.9. The number of carbonyl (C=O) groups is 2. The number of hydrogen-bond donors (Lipinski definition) is 3. The van der Waals surface area contributed by atoms with Crippen LogP contribution in [-0.2, 0) is 4.74 Å². The van der Waals surface area contributed by atoms with Crippen LogP contribution in [-0.4, -0.2) is 37.4 Å². The predicted octanol–water partition coefficient (Wildman–Crippen LogP) is 2.63. The zero-order valence-corrected chi connectivity index (χ0v) is 12.7. The minimum atomic E-state index is -1.05. The van der Waals surface area contributed by atoms with Crippen molar-refractivity contribution in [3.05, 3.63) is 17.0 Å². The summed E-state index contributed by atoms with van der Waals surface area (Å²) < 4.78 is 5.02. The average Bonchev–Trinajstić information content (AvgIpc) is 2.82. The van der Waals surface area contributed by atoms with E-state index in [1.54, 1.807) is 12.5 Å². The van der Waals surface area contributed by atoms with Crippen molar-refractivity contribution in [1.29, 1.82) is 0 Å². The van der Waals surface area contributed by atoms with Gasteiger partial charge in [-0.2, -0.15) is 0 Å². The molecule has 0 atom stereocenters. The Labute approximate surface area is 122 Å². The molecule has 0 spiro atoms. The number of thiophene rings is 1. The number of urea groups is 1. The van der Waals surface area contributed by atoms with E-state index in [1.165, 1.54) is 17.4 Å². The molecule has 1 aromatic rings. The van der Waals surface area contributed by atoms with E-state index < -0.39 is 12.0 Å². The highest BCUT2D eigenvalue weighted by molar-refractivity contribution is 7.14. The summed E-state index contributed by atoms with van der Waals surface area (Å²) in [5.74, 6) is -1.05. The van der Waals surface area contributed by atoms with Crippen LogP contribution in [0, 0.1) is 5.41 Å². The number of nitrogens with one attached hydrogen (secondary N) is 2. The minimum absolute atomic E-state index is 0.0849. The second-order valence-corrected chi connectivity index (χ2v) is 6.10. The molecule has 20 heavy (non-hydrogen) atoms. The maximum Gasteiger partial charge on any atom is 0.338 e. The number of carbonyl (C=O) groups excluding carboxylic acids is 1. The molecule has 3 N–H and O–H groups in total. The van der Waals surface area contributed by atoms with Gasteiger partial charge in [-0.3, -0.25) is 5.32 Å². The first-order valence-corrected chi connectivity index (χ1v) is 7.08. The van der Waals surface area contributed by atoms with Crippen LogP contribution in [0.15, 0.2) is 11.4 Å². The second-order valence-electron chi connectivity index (χ2n) is 5.18. The summed E-state index contributed by atoms with van der Waals surface area (Å²) in [6.45, 7) is 5.17. The van der Waals surface area contributed by atoms with Crippen LogP contribution < -0.4 is 10.6 Å². The summed E-state index contributed by atoms with van der Waals surface area (Å²) in [4.78, 5) is 22.7. The average molecular weight is 300 g/mol. The molecule has 0 aliphatic heterocycles. The molecule has 0 bridgehead atoms. The number of rotatable bonds is 7. The molecule has 0 unspecified atom stereocenters. The van der Waals surface area contributed by atoms with Crippen molar-refractivity contribution in [1.82, 2.24) is 5.32 Å². The van der Waals surface area contributed by atoms with E-state index in [0.717, 1.165) is 6.42 Å². The molecule has 0 radical (unpaired) electrons. The Bertz CT molecular complexity index is 471. The number of anilines is 1. The van der Waals surface area contributed by atoms with Gasteiger partial charge in [-0.25, -0.2) is 9.59 Å². The Hall–Kier alpha value is -1.60. The van der Waals surface area contributed by atoms with Crippen LogP contribution in [0.4, 0.5) is 9.80 Å². The van der Waals surface area contributed by atoms with Crippen molar-refractivity contribution in [3.63, 3.8) is 0 Å². The number of aromatic carboxylic acids is 1. The van der Waals surface area contributed by atoms with Gasteiger partial charge in [0, 0.05) is 20.3 Å². The van der Waals surface area contributed by atoms with Crippen molar-refractivity contribution in [2.45, 2.75) is 20.3 Å². The van der Waals surface area contributed by atoms with Gasteiger partial charge in [-0.15, -0.1) is 11.3 Å². The first-order valence-electron chi connectivity index (χ1n) is 6.20. The molecule has 2 amide bonds. The van der Waals surface area contributed by atoms with E-state index in [-0.39, 0.29) is 11.0 Å². The van der Waals surface area contributed by atoms with Crippen LogP contribution in [0.2, 0.25) is 0 Å². The molecule has 112 valence electrons. The fourth-order valence-electron chi connectivity index (χ4n) is 1.51. The molecule has 1 heterocycles. The first-order chi connectivity index (χ1) is 9.35. The van der Waals surface area contributed by atoms with Crippen LogP contribution in [0.5, 0.6) is 0 Å². The number of amides is 2. The molecule has 6 nitrogen and oxygen atoms in total. The Kier molecular flexibility index (Phi) is 5.97. The van der Waals surface area contributed by atoms with Crippen LogP contribution in [0.3, 0.4) is 0 Å². The molecular formula is C13H20N2O4S. The van der Waals surface area contributed by atoms with Gasteiger partial charge in [0.15, 0.2) is 0 Å². The molecule has 0 saturated heterocycles. The lowest BCUT2D eigenvalue weighted by molar-refractivity contribution is 0.0698. The van der Waals surface area contributed by atoms with Crippen LogP contribution in [0.25, 0.3) is 0 Å². The normalized spacial score (nSPS) is 11.2. The van der Waals surface area contributed by atoms with E-state index >= 15 is 0 Å². The molecule has 1 aromatic heterocycles. The fourth-order valence-corrected chi connectivity index (χ4v) is 2.28. The highest BCUT2D eigenvalue weighted by Crippen LogP contribution is 2.23. The van der Waals surface area contributed by atoms with Crippen LogP contribution in [0.1, 0.15) is 30.6 Å². The fraction of sp³-hybridized carbons (Fsp3) is 0.538. The molecule has 0 fully saturated rings. The number of carboxylic acids is 1. The maximum absolute atomic E-state index is 11.8. The third kappa shape index (κ3) is 5.18. The summed E-state index contributed by atoms with van der Waals surface area (Å²) in [5, 5.41) is 16.2. The van der Waals surface area contributed by atoms with Gasteiger partial charge in [-0.1, -0.05) is 13.8 Å². The van der Waals surface area contributed by atoms with Crippen molar-refractivity contribution in [2.24, 2.45) is 5.41 Å². The van der Waals surface area contributed by atoms with E-state index in [0.29, 0.717) is 18.2 Å². The molecule has 0 saturated carbocycles. The Morgan fingerprint density at radius 1 is 1.45 bits per heavy atom. The topological polar surface area (TPSA) is 87.7 Å². The first kappa shape index (κ1) is 16.5. The lowest BCUT2D eigenvalue weighted by Gasteiger charge is -2.24. The number of carboxylic acid groups (broad SMARTS) is 1. The third-order valence-electron chi connectivity index (χ3n) is 2.83. The smallest absolute Gasteiger partial charge is 0.338 e. The number of hydrogen-bond acceptors (Lipinski definition) is 4. The lowest BCUT2D eigenvalue weighted by atomic mass is 9.90. The standard InChI is InChI=1S/C13H20N2O4S/c1-13(2,5-6-19-3)8-14-12(18)15-10-9(11(16)17)4-7-20-10/h4,7H,5-6,8H2,1-3H3,(H,16,17)(H2,14,15,18). The summed E-state index contributed by atoms with van der Waals surface area (Å²) in [6.07, 6.45) is 0.823. The molecule has 1 rings (SSSR count). The largest absolute Gasteiger partial charge is 0.478 e. The summed E-state index contributed by atoms with van der Waals surface area (Å²) >= 11 is 1.18. The van der Waals surface area contributed by atoms with E-state index in [9.17, 15) is 9.59 Å². The van der Waals surface area contributed by atoms with Crippen molar-refractivity contribution in [3.8, 4) is 0 Å². The third-order valence-corrected chi connectivity index (χ3v) is 3.66. The quantitative estimate of drug-likeness (QED) is 0.722. The predicted molar refractivity (Wildman–Crippen MR) is 78.6 cm³/mol. The van der Waals surface area contributed by atoms with Crippen molar-refractivity contribution < 1.29 is 19.4 Å². The zero-order chi connectivity index (χ0) is 15.2. The van der Waals surface area contributed by atoms with Gasteiger partial charge in [0.2, 0.25) is 0 Å². The van der Waals surface area contributed by atoms with Gasteiger partial charge < -0.3 is 15.2 Å². The second kappa shape index (κ2) is 7.25. The highest BCUT2D eigenvalue weighted by Gasteiger charge is 2.19. The molecule has 0 aromatic carbocycles. The summed E-state index contributed by atoms with van der Waals surface area (Å²) in [5.41, 5.74) is 0.0158. The van der Waals surface area contributed by atoms with Gasteiger partial charge in [-0.05, 0) is 23.3 Å². The highest BCUT2D eigenvalue weighted by atomic mass is 32.1.